The van der Waals surface area contributed by atoms with E-state index >= 15 is 8.78 Å². The molecule has 4 aliphatic rings. The van der Waals surface area contributed by atoms with Gasteiger partial charge in [-0.15, -0.1) is 23.2 Å². The molecule has 17 heteroatoms. The van der Waals surface area contributed by atoms with Gasteiger partial charge in [-0.25, -0.2) is 26.9 Å². The highest BCUT2D eigenvalue weighted by Crippen LogP contribution is 2.67. The lowest BCUT2D eigenvalue weighted by molar-refractivity contribution is -0.125. The Kier molecular flexibility index (Phi) is 8.23. The molecule has 0 radical (unpaired) electrons. The molecule has 3 aromatic rings. The quantitative estimate of drug-likeness (QED) is 0.0769. The molecule has 51 heavy (non-hydrogen) atoms. The minimum absolute atomic E-state index is 0.0671. The van der Waals surface area contributed by atoms with Crippen molar-refractivity contribution in [1.82, 2.24) is 0 Å². The Balaban J connectivity index is 1.47. The molecule has 0 bridgehead atoms. The predicted molar refractivity (Wildman–Crippen MR) is 174 cm³/mol. The number of allylic oxidation sites excluding steroid dienone is 2. The number of alkyl halides is 2. The third-order valence-electron chi connectivity index (χ3n) is 10.1. The molecular formula is C34H22BrCl2F5N2O7. The average molecular weight is 816 g/mol. The fourth-order valence-corrected chi connectivity index (χ4v) is 9.08. The summed E-state index contributed by atoms with van der Waals surface area (Å²) in [5.74, 6) is -22.9. The number of rotatable bonds is 5. The Morgan fingerprint density at radius 1 is 0.824 bits per heavy atom. The number of methoxy groups -OCH3 is 2. The summed E-state index contributed by atoms with van der Waals surface area (Å²) in [5, 5.41) is 11.4. The Hall–Kier alpha value is -4.21. The second kappa shape index (κ2) is 11.9. The van der Waals surface area contributed by atoms with Crippen LogP contribution in [0, 0.1) is 46.8 Å². The molecule has 1 N–H and O–H groups in total. The van der Waals surface area contributed by atoms with Gasteiger partial charge in [-0.2, -0.15) is 0 Å². The minimum Gasteiger partial charge on any atom is -0.507 e. The van der Waals surface area contributed by atoms with Gasteiger partial charge in [0, 0.05) is 28.1 Å². The van der Waals surface area contributed by atoms with Crippen LogP contribution in [-0.4, -0.2) is 52.7 Å². The maximum absolute atomic E-state index is 15.3. The standard InChI is InChI=1S/C34H22BrCl2F5N2O7/c1-50-14-9-18(45)21(19(10-14)51-2)22-15-7-8-16-20(30(47)43(29(16)46)13-5-3-12(35)4-6-13)17(15)11-33(36)31(48)44(32(49)34(22,33)37)28-26(41)24(39)23(38)25(40)27(28)42/h3-7,9-10,16-17,20,22,45H,8,11H2,1-2H3/t16-,17+,20-,22+,33+,34-/m0/s1. The van der Waals surface area contributed by atoms with Gasteiger partial charge in [0.15, 0.2) is 33.0 Å². The molecule has 3 fully saturated rings. The maximum atomic E-state index is 15.3. The number of benzene rings is 3. The highest BCUT2D eigenvalue weighted by atomic mass is 79.9. The highest BCUT2D eigenvalue weighted by Gasteiger charge is 2.77. The largest absolute Gasteiger partial charge is 0.507 e. The number of nitrogens with zero attached hydrogens (tertiary/aromatic N) is 2. The van der Waals surface area contributed by atoms with Gasteiger partial charge >= 0.3 is 0 Å². The van der Waals surface area contributed by atoms with Crippen LogP contribution in [0.5, 0.6) is 17.2 Å². The highest BCUT2D eigenvalue weighted by molar-refractivity contribution is 9.10. The van der Waals surface area contributed by atoms with Crippen molar-refractivity contribution in [3.63, 3.8) is 0 Å². The van der Waals surface area contributed by atoms with Crippen LogP contribution in [0.4, 0.5) is 33.3 Å². The van der Waals surface area contributed by atoms with Crippen molar-refractivity contribution >= 4 is 74.1 Å². The number of fused-ring (bicyclic) bond motifs is 4. The van der Waals surface area contributed by atoms with Gasteiger partial charge < -0.3 is 14.6 Å². The molecule has 0 spiro atoms. The van der Waals surface area contributed by atoms with Gasteiger partial charge in [-0.1, -0.05) is 27.6 Å². The Morgan fingerprint density at radius 2 is 1.43 bits per heavy atom. The number of phenols is 1. The molecule has 6 atom stereocenters. The smallest absolute Gasteiger partial charge is 0.258 e. The molecule has 2 aliphatic carbocycles. The molecule has 7 rings (SSSR count). The molecule has 1 saturated carbocycles. The van der Waals surface area contributed by atoms with E-state index in [4.69, 9.17) is 32.7 Å². The molecular weight excluding hydrogens is 794 g/mol. The van der Waals surface area contributed by atoms with Gasteiger partial charge in [0.05, 0.1) is 31.7 Å². The number of hydrogen-bond acceptors (Lipinski definition) is 7. The van der Waals surface area contributed by atoms with Gasteiger partial charge in [-0.05, 0) is 43.0 Å². The summed E-state index contributed by atoms with van der Waals surface area (Å²) in [6.45, 7) is 0. The number of carbonyl (C=O) groups excluding carboxylic acids is 4. The summed E-state index contributed by atoms with van der Waals surface area (Å²) in [6.07, 6.45) is 0.718. The van der Waals surface area contributed by atoms with Crippen LogP contribution in [0.15, 0.2) is 52.5 Å². The molecule has 2 saturated heterocycles. The predicted octanol–water partition coefficient (Wildman–Crippen LogP) is 6.64. The van der Waals surface area contributed by atoms with E-state index in [2.05, 4.69) is 15.9 Å². The molecule has 4 amide bonds. The van der Waals surface area contributed by atoms with Crippen LogP contribution in [0.2, 0.25) is 0 Å². The Bertz CT molecular complexity index is 2110. The van der Waals surface area contributed by atoms with Crippen molar-refractivity contribution in [2.45, 2.75) is 28.5 Å². The molecule has 0 unspecified atom stereocenters. The zero-order chi connectivity index (χ0) is 37.1. The van der Waals surface area contributed by atoms with E-state index in [1.54, 1.807) is 12.1 Å². The number of halogens is 8. The number of ether oxygens (including phenoxy) is 2. The summed E-state index contributed by atoms with van der Waals surface area (Å²) < 4.78 is 85.0. The van der Waals surface area contributed by atoms with Crippen LogP contribution in [0.3, 0.4) is 0 Å². The zero-order valence-electron chi connectivity index (χ0n) is 26.1. The van der Waals surface area contributed by atoms with Crippen LogP contribution in [-0.2, 0) is 19.2 Å². The van der Waals surface area contributed by atoms with Crippen LogP contribution >= 0.6 is 39.1 Å². The van der Waals surface area contributed by atoms with Gasteiger partial charge in [-0.3, -0.25) is 24.1 Å². The van der Waals surface area contributed by atoms with E-state index in [0.29, 0.717) is 4.47 Å². The molecule has 2 aliphatic heterocycles. The Morgan fingerprint density at radius 3 is 2.02 bits per heavy atom. The van der Waals surface area contributed by atoms with Crippen molar-refractivity contribution in [3.8, 4) is 17.2 Å². The van der Waals surface area contributed by atoms with E-state index < -0.39 is 104 Å². The first-order valence-corrected chi connectivity index (χ1v) is 16.7. The first-order valence-electron chi connectivity index (χ1n) is 15.1. The maximum Gasteiger partial charge on any atom is 0.258 e. The lowest BCUT2D eigenvalue weighted by Crippen LogP contribution is -2.60. The summed E-state index contributed by atoms with van der Waals surface area (Å²) in [6, 6.07) is 8.70. The number of phenolic OH excluding ortho intramolecular Hbond substituents is 1. The summed E-state index contributed by atoms with van der Waals surface area (Å²) in [7, 11) is 2.47. The molecule has 266 valence electrons. The second-order valence-electron chi connectivity index (χ2n) is 12.4. The topological polar surface area (TPSA) is 113 Å². The second-order valence-corrected chi connectivity index (χ2v) is 14.6. The monoisotopic (exact) mass is 814 g/mol. The number of amides is 4. The van der Waals surface area contributed by atoms with Gasteiger partial charge in [0.1, 0.15) is 22.9 Å². The third kappa shape index (κ3) is 4.56. The molecule has 9 nitrogen and oxygen atoms in total. The third-order valence-corrected chi connectivity index (χ3v) is 12.1. The van der Waals surface area contributed by atoms with Gasteiger partial charge in [0.25, 0.3) is 11.8 Å². The molecule has 0 aromatic heterocycles. The van der Waals surface area contributed by atoms with E-state index in [9.17, 15) is 37.5 Å². The van der Waals surface area contributed by atoms with Crippen LogP contribution in [0.25, 0.3) is 0 Å². The van der Waals surface area contributed by atoms with Gasteiger partial charge in [0.2, 0.25) is 17.6 Å². The average Bonchev–Trinajstić information content (AvgIpc) is 3.45. The van der Waals surface area contributed by atoms with Crippen molar-refractivity contribution in [1.29, 1.82) is 0 Å². The number of imide groups is 2. The minimum atomic E-state index is -2.85. The first kappa shape index (κ1) is 35.2. The van der Waals surface area contributed by atoms with Crippen molar-refractivity contribution < 1.29 is 55.7 Å². The number of carbonyl (C=O) groups is 4. The zero-order valence-corrected chi connectivity index (χ0v) is 29.2. The number of hydrogen-bond donors (Lipinski definition) is 1. The lowest BCUT2D eigenvalue weighted by atomic mass is 9.56. The van der Waals surface area contributed by atoms with E-state index in [1.165, 1.54) is 38.5 Å². The van der Waals surface area contributed by atoms with E-state index in [1.807, 2.05) is 0 Å². The summed E-state index contributed by atoms with van der Waals surface area (Å²) >= 11 is 17.6. The van der Waals surface area contributed by atoms with Crippen LogP contribution < -0.4 is 19.3 Å². The summed E-state index contributed by atoms with van der Waals surface area (Å²) in [5.41, 5.74) is -1.80. The Labute approximate surface area is 303 Å². The van der Waals surface area contributed by atoms with E-state index in [0.717, 1.165) is 11.0 Å². The fraction of sp³-hybridized carbons (Fsp3) is 0.294. The first-order chi connectivity index (χ1) is 24.0. The van der Waals surface area contributed by atoms with E-state index in [-0.39, 0.29) is 39.6 Å². The molecule has 3 aromatic carbocycles. The lowest BCUT2D eigenvalue weighted by Gasteiger charge is -2.50. The van der Waals surface area contributed by atoms with Crippen molar-refractivity contribution in [3.05, 3.63) is 87.2 Å². The SMILES string of the molecule is COc1cc(O)c([C@H]2C3=CC[C@@H]4C(=O)N(c5ccc(Br)cc5)C(=O)[C@@H]4[C@@H]3C[C@@]3(Cl)C(=O)N(c4c(F)c(F)c(F)c(F)c4F)C(=O)[C@@]23Cl)c(OC)c1. The normalized spacial score (nSPS) is 28.5. The number of aromatic hydroxyl groups is 1. The number of anilines is 2. The van der Waals surface area contributed by atoms with Crippen molar-refractivity contribution in [2.24, 2.45) is 17.8 Å². The summed E-state index contributed by atoms with van der Waals surface area (Å²) in [4.78, 5) is 51.9. The molecule has 2 heterocycles. The van der Waals surface area contributed by atoms with Crippen LogP contribution in [0.1, 0.15) is 24.3 Å². The van der Waals surface area contributed by atoms with Crippen molar-refractivity contribution in [2.75, 3.05) is 24.0 Å². The fourth-order valence-electron chi connectivity index (χ4n) is 7.89.